The maximum absolute atomic E-state index is 12.7. The molecular formula is C22H30N2O6S. The Labute approximate surface area is 184 Å². The zero-order valence-corrected chi connectivity index (χ0v) is 19.5. The van der Waals surface area contributed by atoms with Gasteiger partial charge >= 0.3 is 0 Å². The van der Waals surface area contributed by atoms with Gasteiger partial charge in [-0.25, -0.2) is 8.42 Å². The summed E-state index contributed by atoms with van der Waals surface area (Å²) in [4.78, 5) is 12.7. The Morgan fingerprint density at radius 3 is 2.13 bits per heavy atom. The Hall–Kier alpha value is -2.94. The van der Waals surface area contributed by atoms with E-state index < -0.39 is 22.0 Å². The van der Waals surface area contributed by atoms with Crippen molar-refractivity contribution in [2.75, 3.05) is 31.3 Å². The van der Waals surface area contributed by atoms with Crippen LogP contribution in [0.5, 0.6) is 17.2 Å². The second kappa shape index (κ2) is 10.4. The SMILES string of the molecule is COc1ccc(OC)c(C(C)NC(=O)CN(c2ccc(OC(C)C)cc2)S(C)(=O)=O)c1. The second-order valence-electron chi connectivity index (χ2n) is 7.33. The first-order valence-corrected chi connectivity index (χ1v) is 11.7. The molecule has 170 valence electrons. The number of nitrogens with zero attached hydrogens (tertiary/aromatic N) is 1. The summed E-state index contributed by atoms with van der Waals surface area (Å²) in [7, 11) is -0.594. The van der Waals surface area contributed by atoms with Crippen LogP contribution < -0.4 is 23.8 Å². The van der Waals surface area contributed by atoms with E-state index in [1.165, 1.54) is 7.11 Å². The molecule has 0 heterocycles. The molecule has 0 aromatic heterocycles. The van der Waals surface area contributed by atoms with Crippen LogP contribution in [0.4, 0.5) is 5.69 Å². The highest BCUT2D eigenvalue weighted by molar-refractivity contribution is 7.92. The molecule has 8 nitrogen and oxygen atoms in total. The molecule has 1 unspecified atom stereocenters. The van der Waals surface area contributed by atoms with Gasteiger partial charge in [0.05, 0.1) is 38.3 Å². The van der Waals surface area contributed by atoms with Crippen LogP contribution in [-0.2, 0) is 14.8 Å². The Bertz CT molecular complexity index is 990. The van der Waals surface area contributed by atoms with Crippen molar-refractivity contribution in [3.05, 3.63) is 48.0 Å². The zero-order chi connectivity index (χ0) is 23.2. The third-order valence-electron chi connectivity index (χ3n) is 4.46. The fraction of sp³-hybridized carbons (Fsp3) is 0.409. The van der Waals surface area contributed by atoms with Crippen molar-refractivity contribution in [3.63, 3.8) is 0 Å². The third-order valence-corrected chi connectivity index (χ3v) is 5.61. The fourth-order valence-corrected chi connectivity index (χ4v) is 3.89. The molecule has 2 aromatic rings. The standard InChI is InChI=1S/C22H30N2O6S/c1-15(2)30-18-9-7-17(8-10-18)24(31(6,26)27)14-22(25)23-16(3)20-13-19(28-4)11-12-21(20)29-5/h7-13,15-16H,14H2,1-6H3,(H,23,25). The van der Waals surface area contributed by atoms with Gasteiger partial charge in [-0.05, 0) is 63.2 Å². The molecule has 9 heteroatoms. The minimum absolute atomic E-state index is 0.00210. The first kappa shape index (κ1) is 24.3. The second-order valence-corrected chi connectivity index (χ2v) is 9.23. The molecule has 31 heavy (non-hydrogen) atoms. The first-order valence-electron chi connectivity index (χ1n) is 9.81. The molecule has 0 fully saturated rings. The molecule has 0 spiro atoms. The molecule has 0 saturated heterocycles. The average Bonchev–Trinajstić information content (AvgIpc) is 2.71. The molecule has 2 rings (SSSR count). The summed E-state index contributed by atoms with van der Waals surface area (Å²) in [5.41, 5.74) is 1.09. The lowest BCUT2D eigenvalue weighted by Crippen LogP contribution is -2.41. The van der Waals surface area contributed by atoms with E-state index in [0.29, 0.717) is 22.9 Å². The van der Waals surface area contributed by atoms with Crippen LogP contribution in [0.3, 0.4) is 0 Å². The van der Waals surface area contributed by atoms with Gasteiger partial charge in [-0.3, -0.25) is 9.10 Å². The van der Waals surface area contributed by atoms with E-state index in [0.717, 1.165) is 16.1 Å². The molecule has 0 bridgehead atoms. The summed E-state index contributed by atoms with van der Waals surface area (Å²) in [6.45, 7) is 5.23. The van der Waals surface area contributed by atoms with Crippen molar-refractivity contribution >= 4 is 21.6 Å². The lowest BCUT2D eigenvalue weighted by molar-refractivity contribution is -0.120. The van der Waals surface area contributed by atoms with Gasteiger partial charge < -0.3 is 19.5 Å². The van der Waals surface area contributed by atoms with Crippen LogP contribution in [0.1, 0.15) is 32.4 Å². The monoisotopic (exact) mass is 450 g/mol. The maximum Gasteiger partial charge on any atom is 0.241 e. The number of hydrogen-bond donors (Lipinski definition) is 1. The first-order chi connectivity index (χ1) is 14.5. The number of sulfonamides is 1. The summed E-state index contributed by atoms with van der Waals surface area (Å²) < 4.78 is 41.9. The number of carbonyl (C=O) groups is 1. The van der Waals surface area contributed by atoms with Crippen molar-refractivity contribution in [1.29, 1.82) is 0 Å². The van der Waals surface area contributed by atoms with E-state index >= 15 is 0 Å². The van der Waals surface area contributed by atoms with E-state index in [-0.39, 0.29) is 12.6 Å². The zero-order valence-electron chi connectivity index (χ0n) is 18.7. The Morgan fingerprint density at radius 1 is 1.00 bits per heavy atom. The number of ether oxygens (including phenoxy) is 3. The number of carbonyl (C=O) groups excluding carboxylic acids is 1. The largest absolute Gasteiger partial charge is 0.497 e. The van der Waals surface area contributed by atoms with Crippen LogP contribution >= 0.6 is 0 Å². The van der Waals surface area contributed by atoms with Crippen LogP contribution in [0.25, 0.3) is 0 Å². The summed E-state index contributed by atoms with van der Waals surface area (Å²) in [6.07, 6.45) is 1.06. The molecule has 0 aliphatic heterocycles. The lowest BCUT2D eigenvalue weighted by Gasteiger charge is -2.24. The number of rotatable bonds is 10. The van der Waals surface area contributed by atoms with Crippen LogP contribution in [0, 0.1) is 0 Å². The Balaban J connectivity index is 2.18. The molecule has 1 atom stereocenters. The average molecular weight is 451 g/mol. The minimum atomic E-state index is -3.69. The van der Waals surface area contributed by atoms with Gasteiger partial charge in [0, 0.05) is 5.56 Å². The number of methoxy groups -OCH3 is 2. The van der Waals surface area contributed by atoms with Crippen molar-refractivity contribution in [2.24, 2.45) is 0 Å². The van der Waals surface area contributed by atoms with Gasteiger partial charge in [0.2, 0.25) is 15.9 Å². The highest BCUT2D eigenvalue weighted by atomic mass is 32.2. The van der Waals surface area contributed by atoms with Gasteiger partial charge in [-0.1, -0.05) is 0 Å². The summed E-state index contributed by atoms with van der Waals surface area (Å²) in [5.74, 6) is 1.38. The van der Waals surface area contributed by atoms with Crippen LogP contribution in [-0.4, -0.2) is 47.4 Å². The van der Waals surface area contributed by atoms with Crippen molar-refractivity contribution in [3.8, 4) is 17.2 Å². The fourth-order valence-electron chi connectivity index (χ4n) is 3.04. The number of nitrogens with one attached hydrogen (secondary N) is 1. The molecular weight excluding hydrogens is 420 g/mol. The smallest absolute Gasteiger partial charge is 0.241 e. The number of amides is 1. The van der Waals surface area contributed by atoms with Gasteiger partial charge in [-0.15, -0.1) is 0 Å². The molecule has 0 radical (unpaired) electrons. The van der Waals surface area contributed by atoms with Crippen molar-refractivity contribution in [2.45, 2.75) is 32.9 Å². The summed E-state index contributed by atoms with van der Waals surface area (Å²) in [6, 6.07) is 11.4. The van der Waals surface area contributed by atoms with Gasteiger partial charge in [0.25, 0.3) is 0 Å². The van der Waals surface area contributed by atoms with E-state index in [4.69, 9.17) is 14.2 Å². The maximum atomic E-state index is 12.7. The summed E-state index contributed by atoms with van der Waals surface area (Å²) in [5, 5.41) is 2.83. The predicted octanol–water partition coefficient (Wildman–Crippen LogP) is 3.13. The van der Waals surface area contributed by atoms with Crippen molar-refractivity contribution in [1.82, 2.24) is 5.32 Å². The van der Waals surface area contributed by atoms with E-state index in [1.807, 2.05) is 13.8 Å². The van der Waals surface area contributed by atoms with E-state index in [9.17, 15) is 13.2 Å². The molecule has 1 N–H and O–H groups in total. The van der Waals surface area contributed by atoms with E-state index in [2.05, 4.69) is 5.32 Å². The van der Waals surface area contributed by atoms with Gasteiger partial charge in [0.1, 0.15) is 23.8 Å². The highest BCUT2D eigenvalue weighted by Gasteiger charge is 2.23. The van der Waals surface area contributed by atoms with Gasteiger partial charge in [-0.2, -0.15) is 0 Å². The summed E-state index contributed by atoms with van der Waals surface area (Å²) >= 11 is 0. The lowest BCUT2D eigenvalue weighted by atomic mass is 10.1. The Morgan fingerprint density at radius 2 is 1.61 bits per heavy atom. The molecule has 1 amide bonds. The topological polar surface area (TPSA) is 94.2 Å². The Kier molecular flexibility index (Phi) is 8.15. The number of hydrogen-bond acceptors (Lipinski definition) is 6. The van der Waals surface area contributed by atoms with Crippen LogP contribution in [0.15, 0.2) is 42.5 Å². The number of anilines is 1. The normalized spacial score (nSPS) is 12.2. The van der Waals surface area contributed by atoms with Crippen molar-refractivity contribution < 1.29 is 27.4 Å². The molecule has 0 aliphatic rings. The van der Waals surface area contributed by atoms with Crippen LogP contribution in [0.2, 0.25) is 0 Å². The van der Waals surface area contributed by atoms with Gasteiger partial charge in [0.15, 0.2) is 0 Å². The quantitative estimate of drug-likeness (QED) is 0.598. The van der Waals surface area contributed by atoms with E-state index in [1.54, 1.807) is 56.5 Å². The third kappa shape index (κ3) is 6.78. The highest BCUT2D eigenvalue weighted by Crippen LogP contribution is 2.29. The molecule has 0 saturated carbocycles. The molecule has 2 aromatic carbocycles. The minimum Gasteiger partial charge on any atom is -0.497 e. The number of benzene rings is 2. The molecule has 0 aliphatic carbocycles. The predicted molar refractivity (Wildman–Crippen MR) is 120 cm³/mol.